The predicted molar refractivity (Wildman–Crippen MR) is 82.1 cm³/mol. The van der Waals surface area contributed by atoms with Gasteiger partial charge >= 0.3 is 6.09 Å². The van der Waals surface area contributed by atoms with Crippen LogP contribution in [-0.2, 0) is 4.74 Å². The largest absolute Gasteiger partial charge is 0.444 e. The summed E-state index contributed by atoms with van der Waals surface area (Å²) in [6.07, 6.45) is 4.92. The highest BCUT2D eigenvalue weighted by Gasteiger charge is 2.32. The molecular weight excluding hydrogens is 270 g/mol. The van der Waals surface area contributed by atoms with Gasteiger partial charge < -0.3 is 19.8 Å². The minimum absolute atomic E-state index is 0.139. The van der Waals surface area contributed by atoms with Crippen molar-refractivity contribution in [2.24, 2.45) is 5.92 Å². The summed E-state index contributed by atoms with van der Waals surface area (Å²) in [5, 5.41) is 18.8. The fraction of sp³-hybridized carbons (Fsp3) is 0.938. The van der Waals surface area contributed by atoms with Gasteiger partial charge in [0.25, 0.3) is 0 Å². The van der Waals surface area contributed by atoms with Crippen LogP contribution in [-0.4, -0.2) is 52.6 Å². The minimum Gasteiger partial charge on any atom is -0.444 e. The molecule has 2 unspecified atom stereocenters. The number of piperidine rings is 1. The van der Waals surface area contributed by atoms with Gasteiger partial charge in [-0.25, -0.2) is 4.79 Å². The van der Waals surface area contributed by atoms with Crippen molar-refractivity contribution in [1.29, 1.82) is 0 Å². The third kappa shape index (κ3) is 7.14. The first kappa shape index (κ1) is 18.2. The molecule has 1 aliphatic rings. The topological polar surface area (TPSA) is 70.0 Å². The lowest BCUT2D eigenvalue weighted by molar-refractivity contribution is -0.0104. The molecule has 0 bridgehead atoms. The Morgan fingerprint density at radius 2 is 1.90 bits per heavy atom. The van der Waals surface area contributed by atoms with Crippen LogP contribution in [0.4, 0.5) is 4.79 Å². The van der Waals surface area contributed by atoms with Crippen molar-refractivity contribution < 1.29 is 19.7 Å². The molecule has 0 aromatic carbocycles. The lowest BCUT2D eigenvalue weighted by atomic mass is 9.90. The molecule has 0 aliphatic carbocycles. The van der Waals surface area contributed by atoms with Crippen LogP contribution in [0.3, 0.4) is 0 Å². The number of likely N-dealkylation sites (tertiary alicyclic amines) is 1. The van der Waals surface area contributed by atoms with Crippen LogP contribution in [0, 0.1) is 5.92 Å². The van der Waals surface area contributed by atoms with Crippen molar-refractivity contribution in [3.63, 3.8) is 0 Å². The zero-order chi connectivity index (χ0) is 15.9. The maximum absolute atomic E-state index is 12.1. The van der Waals surface area contributed by atoms with Gasteiger partial charge in [0.2, 0.25) is 0 Å². The molecule has 0 saturated carbocycles. The first-order chi connectivity index (χ1) is 9.83. The molecule has 1 aliphatic heterocycles. The van der Waals surface area contributed by atoms with E-state index in [4.69, 9.17) is 9.84 Å². The third-order valence-corrected chi connectivity index (χ3v) is 3.83. The number of carbonyl (C=O) groups is 1. The average molecular weight is 301 g/mol. The number of rotatable bonds is 6. The number of aliphatic hydroxyl groups excluding tert-OH is 2. The second-order valence-corrected chi connectivity index (χ2v) is 6.97. The van der Waals surface area contributed by atoms with E-state index in [0.717, 1.165) is 32.1 Å². The maximum atomic E-state index is 12.1. The maximum Gasteiger partial charge on any atom is 0.410 e. The van der Waals surface area contributed by atoms with Gasteiger partial charge in [0.05, 0.1) is 6.10 Å². The van der Waals surface area contributed by atoms with Crippen LogP contribution in [0.25, 0.3) is 0 Å². The van der Waals surface area contributed by atoms with E-state index in [1.165, 1.54) is 0 Å². The quantitative estimate of drug-likeness (QED) is 0.740. The smallest absolute Gasteiger partial charge is 0.410 e. The van der Waals surface area contributed by atoms with Crippen LogP contribution >= 0.6 is 0 Å². The number of hydrogen-bond acceptors (Lipinski definition) is 4. The number of ether oxygens (including phenoxy) is 1. The van der Waals surface area contributed by atoms with E-state index in [2.05, 4.69) is 0 Å². The summed E-state index contributed by atoms with van der Waals surface area (Å²) < 4.78 is 5.40. The average Bonchev–Trinajstić information content (AvgIpc) is 2.38. The molecule has 0 aromatic rings. The van der Waals surface area contributed by atoms with Crippen molar-refractivity contribution >= 4 is 6.09 Å². The van der Waals surface area contributed by atoms with E-state index in [0.29, 0.717) is 19.5 Å². The van der Waals surface area contributed by atoms with E-state index in [-0.39, 0.29) is 24.7 Å². The summed E-state index contributed by atoms with van der Waals surface area (Å²) in [7, 11) is 0. The standard InChI is InChI=1S/C16H31NO4/c1-16(2,3)21-15(20)17-10-9-14(19)13(12-17)8-6-4-5-7-11-18/h13-14,18-19H,4-12H2,1-3H3. The molecule has 0 aromatic heterocycles. The monoisotopic (exact) mass is 301 g/mol. The van der Waals surface area contributed by atoms with E-state index < -0.39 is 5.60 Å². The predicted octanol–water partition coefficient (Wildman–Crippen LogP) is 2.55. The molecule has 1 saturated heterocycles. The Balaban J connectivity index is 2.37. The van der Waals surface area contributed by atoms with Gasteiger partial charge in [0, 0.05) is 25.6 Å². The second-order valence-electron chi connectivity index (χ2n) is 6.97. The molecule has 0 radical (unpaired) electrons. The number of hydrogen-bond donors (Lipinski definition) is 2. The Morgan fingerprint density at radius 3 is 2.52 bits per heavy atom. The first-order valence-electron chi connectivity index (χ1n) is 8.10. The Morgan fingerprint density at radius 1 is 1.24 bits per heavy atom. The molecular formula is C16H31NO4. The van der Waals surface area contributed by atoms with E-state index in [9.17, 15) is 9.90 Å². The second kappa shape index (κ2) is 8.59. The van der Waals surface area contributed by atoms with Gasteiger partial charge in [-0.15, -0.1) is 0 Å². The lowest BCUT2D eigenvalue weighted by Gasteiger charge is -2.37. The van der Waals surface area contributed by atoms with Crippen molar-refractivity contribution in [3.8, 4) is 0 Å². The number of aliphatic hydroxyl groups is 2. The van der Waals surface area contributed by atoms with E-state index in [1.54, 1.807) is 4.90 Å². The molecule has 1 heterocycles. The first-order valence-corrected chi connectivity index (χ1v) is 8.10. The van der Waals surface area contributed by atoms with Crippen molar-refractivity contribution in [1.82, 2.24) is 4.90 Å². The summed E-state index contributed by atoms with van der Waals surface area (Å²) in [6.45, 7) is 6.98. The van der Waals surface area contributed by atoms with Crippen LogP contribution in [0.15, 0.2) is 0 Å². The molecule has 124 valence electrons. The highest BCUT2D eigenvalue weighted by atomic mass is 16.6. The molecule has 2 N–H and O–H groups in total. The minimum atomic E-state index is -0.479. The zero-order valence-corrected chi connectivity index (χ0v) is 13.7. The molecule has 2 atom stereocenters. The van der Waals surface area contributed by atoms with Crippen LogP contribution in [0.1, 0.15) is 59.3 Å². The molecule has 1 fully saturated rings. The Hall–Kier alpha value is -0.810. The van der Waals surface area contributed by atoms with Crippen molar-refractivity contribution in [3.05, 3.63) is 0 Å². The molecule has 21 heavy (non-hydrogen) atoms. The van der Waals surface area contributed by atoms with Crippen LogP contribution < -0.4 is 0 Å². The highest BCUT2D eigenvalue weighted by molar-refractivity contribution is 5.68. The third-order valence-electron chi connectivity index (χ3n) is 3.83. The van der Waals surface area contributed by atoms with Gasteiger partial charge in [-0.05, 0) is 40.0 Å². The summed E-state index contributed by atoms with van der Waals surface area (Å²) in [6, 6.07) is 0. The number of nitrogens with zero attached hydrogens (tertiary/aromatic N) is 1. The molecule has 1 amide bonds. The normalized spacial score (nSPS) is 23.2. The molecule has 5 nitrogen and oxygen atoms in total. The Bertz CT molecular complexity index is 314. The Kier molecular flexibility index (Phi) is 7.46. The summed E-state index contributed by atoms with van der Waals surface area (Å²) in [5.74, 6) is 0.139. The summed E-state index contributed by atoms with van der Waals surface area (Å²) in [4.78, 5) is 13.8. The highest BCUT2D eigenvalue weighted by Crippen LogP contribution is 2.24. The molecule has 1 rings (SSSR count). The molecule has 0 spiro atoms. The number of carbonyl (C=O) groups excluding carboxylic acids is 1. The van der Waals surface area contributed by atoms with Crippen LogP contribution in [0.2, 0.25) is 0 Å². The fourth-order valence-electron chi connectivity index (χ4n) is 2.67. The van der Waals surface area contributed by atoms with Crippen LogP contribution in [0.5, 0.6) is 0 Å². The van der Waals surface area contributed by atoms with Gasteiger partial charge in [-0.2, -0.15) is 0 Å². The Labute approximate surface area is 128 Å². The van der Waals surface area contributed by atoms with Gasteiger partial charge in [-0.3, -0.25) is 0 Å². The van der Waals surface area contributed by atoms with Gasteiger partial charge in [0.1, 0.15) is 5.60 Å². The summed E-state index contributed by atoms with van der Waals surface area (Å²) >= 11 is 0. The van der Waals surface area contributed by atoms with Crippen molar-refractivity contribution in [2.75, 3.05) is 19.7 Å². The SMILES string of the molecule is CC(C)(C)OC(=O)N1CCC(O)C(CCCCCCO)C1. The van der Waals surface area contributed by atoms with Crippen molar-refractivity contribution in [2.45, 2.75) is 71.0 Å². The van der Waals surface area contributed by atoms with E-state index in [1.807, 2.05) is 20.8 Å². The van der Waals surface area contributed by atoms with Gasteiger partial charge in [-0.1, -0.05) is 19.3 Å². The zero-order valence-electron chi connectivity index (χ0n) is 13.7. The fourth-order valence-corrected chi connectivity index (χ4v) is 2.67. The summed E-state index contributed by atoms with van der Waals surface area (Å²) in [5.41, 5.74) is -0.479. The molecule has 5 heteroatoms. The lowest BCUT2D eigenvalue weighted by Crippen LogP contribution is -2.47. The van der Waals surface area contributed by atoms with E-state index >= 15 is 0 Å². The number of unbranched alkanes of at least 4 members (excludes halogenated alkanes) is 3. The van der Waals surface area contributed by atoms with Gasteiger partial charge in [0.15, 0.2) is 0 Å². The number of amides is 1.